The molecule has 1 aliphatic heterocycles. The Balaban J connectivity index is 1.40. The molecular formula is C18H23N5O3. The molecule has 8 heteroatoms. The third-order valence-electron chi connectivity index (χ3n) is 5.31. The van der Waals surface area contributed by atoms with Gasteiger partial charge in [0.2, 0.25) is 5.91 Å². The molecule has 26 heavy (non-hydrogen) atoms. The van der Waals surface area contributed by atoms with Crippen LogP contribution in [0.1, 0.15) is 25.7 Å². The summed E-state index contributed by atoms with van der Waals surface area (Å²) >= 11 is 0. The number of nitrogens with zero attached hydrogens (tertiary/aromatic N) is 4. The summed E-state index contributed by atoms with van der Waals surface area (Å²) in [6.07, 6.45) is 6.06. The van der Waals surface area contributed by atoms with Crippen molar-refractivity contribution < 1.29 is 9.72 Å². The normalized spacial score (nSPS) is 21.0. The van der Waals surface area contributed by atoms with Crippen molar-refractivity contribution in [3.8, 4) is 0 Å². The van der Waals surface area contributed by atoms with E-state index in [9.17, 15) is 14.9 Å². The van der Waals surface area contributed by atoms with Gasteiger partial charge in [-0.05, 0) is 44.2 Å². The molecule has 8 nitrogen and oxygen atoms in total. The molecule has 2 aliphatic rings. The van der Waals surface area contributed by atoms with Crippen LogP contribution in [0.4, 0.5) is 5.69 Å². The lowest BCUT2D eigenvalue weighted by Crippen LogP contribution is -2.44. The number of nitrogens with one attached hydrogen (secondary N) is 1. The number of piperidine rings is 1. The van der Waals surface area contributed by atoms with Crippen LogP contribution in [0.3, 0.4) is 0 Å². The maximum absolute atomic E-state index is 12.4. The lowest BCUT2D eigenvalue weighted by Gasteiger charge is -2.31. The number of carbonyl (C=O) groups excluding carboxylic acids is 1. The fraction of sp³-hybridized carbons (Fsp3) is 0.556. The molecule has 2 heterocycles. The van der Waals surface area contributed by atoms with Gasteiger partial charge in [-0.1, -0.05) is 0 Å². The highest BCUT2D eigenvalue weighted by Gasteiger charge is 2.28. The summed E-state index contributed by atoms with van der Waals surface area (Å²) in [4.78, 5) is 25.1. The smallest absolute Gasteiger partial charge is 0.270 e. The molecular weight excluding hydrogens is 334 g/mol. The predicted molar refractivity (Wildman–Crippen MR) is 96.4 cm³/mol. The van der Waals surface area contributed by atoms with Crippen molar-refractivity contribution in [3.05, 3.63) is 34.5 Å². The Morgan fingerprint density at radius 1 is 1.35 bits per heavy atom. The van der Waals surface area contributed by atoms with E-state index in [1.807, 2.05) is 4.68 Å². The molecule has 0 radical (unpaired) electrons. The molecule has 1 aliphatic carbocycles. The van der Waals surface area contributed by atoms with Crippen LogP contribution in [-0.2, 0) is 11.5 Å². The Hall–Kier alpha value is -2.48. The van der Waals surface area contributed by atoms with E-state index in [0.717, 1.165) is 43.4 Å². The Bertz CT molecular complexity index is 829. The highest BCUT2D eigenvalue weighted by Crippen LogP contribution is 2.28. The van der Waals surface area contributed by atoms with Crippen LogP contribution in [0, 0.1) is 22.0 Å². The summed E-state index contributed by atoms with van der Waals surface area (Å²) < 4.78 is 1.85. The molecule has 1 atom stereocenters. The lowest BCUT2D eigenvalue weighted by atomic mass is 9.97. The number of hydrogen-bond donors (Lipinski definition) is 1. The van der Waals surface area contributed by atoms with Crippen molar-refractivity contribution in [2.24, 2.45) is 11.8 Å². The SMILES string of the molecule is O=C(NCC1CC1)[C@H]1CCCN(Cn2ncc3cc([N+](=O)[O-])ccc32)C1. The fourth-order valence-electron chi connectivity index (χ4n) is 3.60. The molecule has 2 fully saturated rings. The summed E-state index contributed by atoms with van der Waals surface area (Å²) in [5, 5.41) is 19.1. The molecule has 1 amide bonds. The number of carbonyl (C=O) groups is 1. The van der Waals surface area contributed by atoms with Crippen molar-refractivity contribution in [3.63, 3.8) is 0 Å². The quantitative estimate of drug-likeness (QED) is 0.631. The minimum atomic E-state index is -0.397. The largest absolute Gasteiger partial charge is 0.356 e. The van der Waals surface area contributed by atoms with Gasteiger partial charge in [0.05, 0.1) is 29.2 Å². The van der Waals surface area contributed by atoms with E-state index in [1.165, 1.54) is 18.9 Å². The molecule has 0 bridgehead atoms. The Morgan fingerprint density at radius 3 is 2.96 bits per heavy atom. The number of hydrogen-bond acceptors (Lipinski definition) is 5. The average Bonchev–Trinajstić information content (AvgIpc) is 3.40. The Labute approximate surface area is 151 Å². The van der Waals surface area contributed by atoms with Crippen LogP contribution >= 0.6 is 0 Å². The van der Waals surface area contributed by atoms with E-state index in [0.29, 0.717) is 12.6 Å². The number of nitro benzene ring substituents is 1. The number of aromatic nitrogens is 2. The van der Waals surface area contributed by atoms with Gasteiger partial charge >= 0.3 is 0 Å². The molecule has 1 saturated heterocycles. The molecule has 1 aromatic heterocycles. The van der Waals surface area contributed by atoms with Gasteiger partial charge in [-0.25, -0.2) is 0 Å². The molecule has 2 aromatic rings. The number of nitro groups is 1. The third kappa shape index (κ3) is 3.70. The second kappa shape index (κ2) is 7.03. The van der Waals surface area contributed by atoms with E-state index in [4.69, 9.17) is 0 Å². The number of fused-ring (bicyclic) bond motifs is 1. The lowest BCUT2D eigenvalue weighted by molar-refractivity contribution is -0.384. The molecule has 4 rings (SSSR count). The van der Waals surface area contributed by atoms with Crippen LogP contribution in [0.15, 0.2) is 24.4 Å². The second-order valence-corrected chi connectivity index (χ2v) is 7.39. The highest BCUT2D eigenvalue weighted by atomic mass is 16.6. The first-order valence-electron chi connectivity index (χ1n) is 9.20. The van der Waals surface area contributed by atoms with Crippen molar-refractivity contribution in [2.75, 3.05) is 19.6 Å². The van der Waals surface area contributed by atoms with Gasteiger partial charge in [0.25, 0.3) is 5.69 Å². The van der Waals surface area contributed by atoms with E-state index < -0.39 is 4.92 Å². The van der Waals surface area contributed by atoms with E-state index in [-0.39, 0.29) is 17.5 Å². The van der Waals surface area contributed by atoms with Gasteiger partial charge in [-0.2, -0.15) is 5.10 Å². The molecule has 1 saturated carbocycles. The number of likely N-dealkylation sites (tertiary alicyclic amines) is 1. The van der Waals surface area contributed by atoms with Crippen LogP contribution in [-0.4, -0.2) is 45.1 Å². The number of non-ortho nitro benzene ring substituents is 1. The average molecular weight is 357 g/mol. The van der Waals surface area contributed by atoms with E-state index in [1.54, 1.807) is 18.3 Å². The van der Waals surface area contributed by atoms with E-state index >= 15 is 0 Å². The maximum Gasteiger partial charge on any atom is 0.270 e. The van der Waals surface area contributed by atoms with Crippen LogP contribution in [0.25, 0.3) is 10.9 Å². The molecule has 1 N–H and O–H groups in total. The number of rotatable bonds is 6. The first-order chi connectivity index (χ1) is 12.6. The predicted octanol–water partition coefficient (Wildman–Crippen LogP) is 2.14. The van der Waals surface area contributed by atoms with Gasteiger partial charge in [-0.3, -0.25) is 24.5 Å². The third-order valence-corrected chi connectivity index (χ3v) is 5.31. The summed E-state index contributed by atoms with van der Waals surface area (Å²) in [5.74, 6) is 0.895. The molecule has 0 unspecified atom stereocenters. The van der Waals surface area contributed by atoms with Crippen molar-refractivity contribution in [2.45, 2.75) is 32.4 Å². The van der Waals surface area contributed by atoms with Crippen LogP contribution in [0.5, 0.6) is 0 Å². The summed E-state index contributed by atoms with van der Waals surface area (Å²) in [6, 6.07) is 4.79. The summed E-state index contributed by atoms with van der Waals surface area (Å²) in [7, 11) is 0. The van der Waals surface area contributed by atoms with Crippen LogP contribution < -0.4 is 5.32 Å². The standard InChI is InChI=1S/C18H23N5O3/c24-18(19-9-13-3-4-13)14-2-1-7-21(11-14)12-22-17-6-5-16(23(25)26)8-15(17)10-20-22/h5-6,8,10,13-14H,1-4,7,9,11-12H2,(H,19,24)/t14-/m0/s1. The first-order valence-corrected chi connectivity index (χ1v) is 9.20. The van der Waals surface area contributed by atoms with Gasteiger partial charge in [-0.15, -0.1) is 0 Å². The maximum atomic E-state index is 12.4. The molecule has 1 aromatic carbocycles. The zero-order valence-electron chi connectivity index (χ0n) is 14.6. The highest BCUT2D eigenvalue weighted by molar-refractivity contribution is 5.81. The van der Waals surface area contributed by atoms with Crippen molar-refractivity contribution in [1.29, 1.82) is 0 Å². The van der Waals surface area contributed by atoms with Gasteiger partial charge < -0.3 is 5.32 Å². The van der Waals surface area contributed by atoms with Crippen molar-refractivity contribution in [1.82, 2.24) is 20.0 Å². The summed E-state index contributed by atoms with van der Waals surface area (Å²) in [5.41, 5.74) is 0.943. The number of amides is 1. The second-order valence-electron chi connectivity index (χ2n) is 7.39. The van der Waals surface area contributed by atoms with Gasteiger partial charge in [0.1, 0.15) is 0 Å². The minimum Gasteiger partial charge on any atom is -0.356 e. The minimum absolute atomic E-state index is 0.0328. The van der Waals surface area contributed by atoms with Crippen molar-refractivity contribution >= 4 is 22.5 Å². The molecule has 0 spiro atoms. The first kappa shape index (κ1) is 17.0. The number of benzene rings is 1. The monoisotopic (exact) mass is 357 g/mol. The van der Waals surface area contributed by atoms with E-state index in [2.05, 4.69) is 15.3 Å². The zero-order chi connectivity index (χ0) is 18.1. The summed E-state index contributed by atoms with van der Waals surface area (Å²) in [6.45, 7) is 3.07. The van der Waals surface area contributed by atoms with Crippen LogP contribution in [0.2, 0.25) is 0 Å². The Kier molecular flexibility index (Phi) is 4.58. The molecule has 138 valence electrons. The topological polar surface area (TPSA) is 93.3 Å². The fourth-order valence-corrected chi connectivity index (χ4v) is 3.60. The van der Waals surface area contributed by atoms with Gasteiger partial charge in [0, 0.05) is 30.6 Å². The Morgan fingerprint density at radius 2 is 2.19 bits per heavy atom. The van der Waals surface area contributed by atoms with Gasteiger partial charge in [0.15, 0.2) is 0 Å². The zero-order valence-corrected chi connectivity index (χ0v) is 14.6.